The van der Waals surface area contributed by atoms with Crippen molar-refractivity contribution < 1.29 is 67.2 Å². The molecule has 0 radical (unpaired) electrons. The molecule has 0 aliphatic rings. The Bertz CT molecular complexity index is 1500. The molecule has 0 spiro atoms. The van der Waals surface area contributed by atoms with Gasteiger partial charge in [0.25, 0.3) is 11.8 Å². The summed E-state index contributed by atoms with van der Waals surface area (Å²) in [6.07, 6.45) is 0. The van der Waals surface area contributed by atoms with E-state index in [4.69, 9.17) is 14.7 Å². The Labute approximate surface area is 273 Å². The highest BCUT2D eigenvalue weighted by Gasteiger charge is 2.19. The summed E-state index contributed by atoms with van der Waals surface area (Å²) in [7, 11) is -3.91. The van der Waals surface area contributed by atoms with Gasteiger partial charge in [0.05, 0.1) is 50.9 Å². The molecule has 2 aromatic rings. The summed E-state index contributed by atoms with van der Waals surface area (Å²) in [6.45, 7) is -2.95. The lowest BCUT2D eigenvalue weighted by Crippen LogP contribution is -2.35. The number of rotatable bonds is 22. The molecule has 0 aromatic heterocycles. The summed E-state index contributed by atoms with van der Waals surface area (Å²) >= 11 is 0. The molecule has 20 heteroatoms. The van der Waals surface area contributed by atoms with Crippen LogP contribution >= 0.6 is 0 Å². The monoisotopic (exact) mass is 697 g/mol. The summed E-state index contributed by atoms with van der Waals surface area (Å²) in [6, 6.07) is 9.12. The van der Waals surface area contributed by atoms with E-state index >= 15 is 0 Å². The van der Waals surface area contributed by atoms with Gasteiger partial charge < -0.3 is 30.5 Å². The average molecular weight is 698 g/mol. The van der Waals surface area contributed by atoms with Crippen LogP contribution in [-0.2, 0) is 51.9 Å². The Hall–Kier alpha value is -4.99. The first kappa shape index (κ1) is 39.2. The van der Waals surface area contributed by atoms with Gasteiger partial charge in [-0.25, -0.2) is 19.0 Å². The molecule has 0 fully saturated rings. The van der Waals surface area contributed by atoms with Gasteiger partial charge in [0.1, 0.15) is 0 Å². The van der Waals surface area contributed by atoms with Crippen molar-refractivity contribution in [2.45, 2.75) is 18.0 Å². The number of carbonyl (C=O) groups is 6. The number of carbonyl (C=O) groups excluding carboxylic acids is 2. The predicted molar refractivity (Wildman–Crippen MR) is 162 cm³/mol. The van der Waals surface area contributed by atoms with E-state index in [0.29, 0.717) is 11.1 Å². The zero-order chi connectivity index (χ0) is 35.9. The molecule has 0 aliphatic carbocycles. The normalized spacial score (nSPS) is 11.3. The molecule has 262 valence electrons. The first-order valence-corrected chi connectivity index (χ1v) is 15.4. The van der Waals surface area contributed by atoms with Crippen molar-refractivity contribution in [2.75, 3.05) is 52.5 Å². The Morgan fingerprint density at radius 3 is 1.58 bits per heavy atom. The Balaban J connectivity index is 1.98. The topological polar surface area (TPSA) is 292 Å². The lowest BCUT2D eigenvalue weighted by molar-refractivity contribution is -0.144. The lowest BCUT2D eigenvalue weighted by Gasteiger charge is -2.21. The standard InChI is InChI=1S/C28H35N5O14S/c29-48(44,45)22-3-1-20(2-4-22)28(43)31-47-8-7-46-6-5-30-27(42)21-10-18(12-32(14-23(34)35)15-24(36)37)9-19(11-21)13-33(16-25(38)39)17-26(40)41/h1-4,9-11H,5-8,12-17H2,(H,30,42)(H,31,43)(H,34,35)(H,36,37)(H,38,39)(H,40,41)(H2,29,44,45). The Morgan fingerprint density at radius 1 is 0.667 bits per heavy atom. The summed E-state index contributed by atoms with van der Waals surface area (Å²) in [4.78, 5) is 77.1. The second-order valence-corrected chi connectivity index (χ2v) is 11.7. The fourth-order valence-corrected chi connectivity index (χ4v) is 4.72. The average Bonchev–Trinajstić information content (AvgIpc) is 2.96. The number of ether oxygens (including phenoxy) is 1. The van der Waals surface area contributed by atoms with Gasteiger partial charge in [-0.05, 0) is 47.5 Å². The van der Waals surface area contributed by atoms with Gasteiger partial charge >= 0.3 is 23.9 Å². The van der Waals surface area contributed by atoms with Gasteiger partial charge in [-0.15, -0.1) is 0 Å². The van der Waals surface area contributed by atoms with Crippen molar-refractivity contribution in [3.63, 3.8) is 0 Å². The van der Waals surface area contributed by atoms with Crippen LogP contribution in [0.1, 0.15) is 31.8 Å². The molecule has 0 unspecified atom stereocenters. The number of hydroxylamine groups is 1. The number of nitrogens with two attached hydrogens (primary N) is 1. The summed E-state index contributed by atoms with van der Waals surface area (Å²) in [5, 5.41) is 44.3. The molecule has 0 aliphatic heterocycles. The van der Waals surface area contributed by atoms with Crippen LogP contribution in [0.3, 0.4) is 0 Å². The Morgan fingerprint density at radius 2 is 1.15 bits per heavy atom. The van der Waals surface area contributed by atoms with Gasteiger partial charge in [-0.3, -0.25) is 43.4 Å². The van der Waals surface area contributed by atoms with Crippen LogP contribution in [0.5, 0.6) is 0 Å². The molecule has 0 bridgehead atoms. The van der Waals surface area contributed by atoms with Crippen LogP contribution in [0.4, 0.5) is 0 Å². The zero-order valence-corrected chi connectivity index (χ0v) is 26.2. The summed E-state index contributed by atoms with van der Waals surface area (Å²) < 4.78 is 28.0. The van der Waals surface area contributed by atoms with Crippen LogP contribution in [0.25, 0.3) is 0 Å². The van der Waals surface area contributed by atoms with E-state index in [1.165, 1.54) is 42.5 Å². The van der Waals surface area contributed by atoms with Gasteiger partial charge in [0.2, 0.25) is 10.0 Å². The number of amides is 2. The third-order valence-corrected chi connectivity index (χ3v) is 6.96. The first-order valence-electron chi connectivity index (χ1n) is 13.9. The van der Waals surface area contributed by atoms with Crippen molar-refractivity contribution in [3.8, 4) is 0 Å². The lowest BCUT2D eigenvalue weighted by atomic mass is 10.0. The number of carboxylic acids is 4. The second-order valence-electron chi connectivity index (χ2n) is 10.1. The van der Waals surface area contributed by atoms with E-state index in [1.807, 2.05) is 0 Å². The molecule has 8 N–H and O–H groups in total. The largest absolute Gasteiger partial charge is 0.480 e. The highest BCUT2D eigenvalue weighted by atomic mass is 32.2. The molecule has 0 saturated heterocycles. The number of carboxylic acid groups (broad SMARTS) is 4. The number of nitrogens with one attached hydrogen (secondary N) is 2. The number of benzene rings is 2. The number of hydrogen-bond acceptors (Lipinski definition) is 12. The van der Waals surface area contributed by atoms with E-state index in [-0.39, 0.29) is 55.5 Å². The van der Waals surface area contributed by atoms with E-state index in [1.54, 1.807) is 0 Å². The third-order valence-electron chi connectivity index (χ3n) is 6.03. The minimum atomic E-state index is -3.91. The molecule has 0 saturated carbocycles. The minimum absolute atomic E-state index is 0.00607. The van der Waals surface area contributed by atoms with Gasteiger partial charge in [0.15, 0.2) is 0 Å². The summed E-state index contributed by atoms with van der Waals surface area (Å²) in [5.41, 5.74) is 2.98. The molecule has 2 aromatic carbocycles. The van der Waals surface area contributed by atoms with Crippen molar-refractivity contribution >= 4 is 45.7 Å². The van der Waals surface area contributed by atoms with Crippen molar-refractivity contribution in [3.05, 3.63) is 64.7 Å². The molecule has 0 heterocycles. The smallest absolute Gasteiger partial charge is 0.317 e. The zero-order valence-electron chi connectivity index (χ0n) is 25.4. The highest BCUT2D eigenvalue weighted by Crippen LogP contribution is 2.16. The number of hydrogen-bond donors (Lipinski definition) is 7. The number of sulfonamides is 1. The molecule has 0 atom stereocenters. The quantitative estimate of drug-likeness (QED) is 0.0537. The first-order chi connectivity index (χ1) is 22.5. The molecule has 19 nitrogen and oxygen atoms in total. The molecule has 2 amide bonds. The predicted octanol–water partition coefficient (Wildman–Crippen LogP) is -1.62. The van der Waals surface area contributed by atoms with Gasteiger partial charge in [0, 0.05) is 30.8 Å². The fourth-order valence-electron chi connectivity index (χ4n) is 4.21. The maximum Gasteiger partial charge on any atom is 0.317 e. The van der Waals surface area contributed by atoms with Crippen molar-refractivity contribution in [1.82, 2.24) is 20.6 Å². The van der Waals surface area contributed by atoms with Gasteiger partial charge in [-0.1, -0.05) is 6.07 Å². The van der Waals surface area contributed by atoms with Crippen LogP contribution in [0.2, 0.25) is 0 Å². The van der Waals surface area contributed by atoms with Gasteiger partial charge in [-0.2, -0.15) is 0 Å². The molecular formula is C28H35N5O14S. The molecule has 2 rings (SSSR count). The SMILES string of the molecule is NS(=O)(=O)c1ccc(C(=O)NOCCOCCNC(=O)c2cc(CN(CC(=O)O)CC(=O)O)cc(CN(CC(=O)O)CC(=O)O)c2)cc1. The number of aliphatic carboxylic acids is 4. The van der Waals surface area contributed by atoms with Crippen molar-refractivity contribution in [2.24, 2.45) is 5.14 Å². The number of nitrogens with zero attached hydrogens (tertiary/aromatic N) is 2. The minimum Gasteiger partial charge on any atom is -0.480 e. The maximum absolute atomic E-state index is 13.0. The van der Waals surface area contributed by atoms with E-state index in [0.717, 1.165) is 9.80 Å². The highest BCUT2D eigenvalue weighted by molar-refractivity contribution is 7.89. The van der Waals surface area contributed by atoms with E-state index in [2.05, 4.69) is 10.8 Å². The van der Waals surface area contributed by atoms with Crippen LogP contribution in [0.15, 0.2) is 47.4 Å². The van der Waals surface area contributed by atoms with E-state index < -0.39 is 71.9 Å². The molecule has 48 heavy (non-hydrogen) atoms. The Kier molecular flexibility index (Phi) is 15.5. The van der Waals surface area contributed by atoms with E-state index in [9.17, 15) is 57.6 Å². The number of primary sulfonamides is 1. The third kappa shape index (κ3) is 15.1. The fraction of sp³-hybridized carbons (Fsp3) is 0.357. The van der Waals surface area contributed by atoms with Crippen molar-refractivity contribution in [1.29, 1.82) is 0 Å². The summed E-state index contributed by atoms with van der Waals surface area (Å²) in [5.74, 6) is -6.40. The van der Waals surface area contributed by atoms with Crippen LogP contribution < -0.4 is 15.9 Å². The molecular weight excluding hydrogens is 662 g/mol. The maximum atomic E-state index is 13.0. The van der Waals surface area contributed by atoms with Crippen LogP contribution in [0, 0.1) is 0 Å². The second kappa shape index (κ2) is 19.0. The van der Waals surface area contributed by atoms with Crippen LogP contribution in [-0.4, -0.2) is 127 Å².